The molecular formula is C15H16N6O4S. The van der Waals surface area contributed by atoms with E-state index in [1.54, 1.807) is 0 Å². The highest BCUT2D eigenvalue weighted by Gasteiger charge is 2.19. The summed E-state index contributed by atoms with van der Waals surface area (Å²) in [4.78, 5) is 46.2. The summed E-state index contributed by atoms with van der Waals surface area (Å²) in [6.45, 7) is 1.04. The molecule has 136 valence electrons. The predicted octanol–water partition coefficient (Wildman–Crippen LogP) is -0.398. The third-order valence-electron chi connectivity index (χ3n) is 4.27. The van der Waals surface area contributed by atoms with E-state index >= 15 is 0 Å². The molecule has 26 heavy (non-hydrogen) atoms. The summed E-state index contributed by atoms with van der Waals surface area (Å²) in [5.41, 5.74) is 0.445. The molecule has 0 spiro atoms. The quantitative estimate of drug-likeness (QED) is 0.666. The van der Waals surface area contributed by atoms with Crippen molar-refractivity contribution < 1.29 is 9.53 Å². The first-order chi connectivity index (χ1) is 12.5. The van der Waals surface area contributed by atoms with E-state index in [2.05, 4.69) is 15.3 Å². The van der Waals surface area contributed by atoms with Gasteiger partial charge in [0.25, 0.3) is 5.56 Å². The van der Waals surface area contributed by atoms with Crippen LogP contribution in [0, 0.1) is 0 Å². The maximum Gasteiger partial charge on any atom is 0.332 e. The van der Waals surface area contributed by atoms with Crippen molar-refractivity contribution in [2.24, 2.45) is 14.1 Å². The first kappa shape index (κ1) is 16.7. The van der Waals surface area contributed by atoms with E-state index in [1.165, 1.54) is 40.9 Å². The number of nitrogens with zero attached hydrogens (tertiary/aromatic N) is 5. The van der Waals surface area contributed by atoms with Gasteiger partial charge in [-0.1, -0.05) is 11.3 Å². The van der Waals surface area contributed by atoms with Crippen molar-refractivity contribution in [3.05, 3.63) is 37.7 Å². The van der Waals surface area contributed by atoms with Crippen LogP contribution in [0.3, 0.4) is 0 Å². The van der Waals surface area contributed by atoms with Gasteiger partial charge in [0.1, 0.15) is 6.54 Å². The van der Waals surface area contributed by atoms with Crippen molar-refractivity contribution in [2.45, 2.75) is 19.6 Å². The molecule has 3 aromatic heterocycles. The first-order valence-corrected chi connectivity index (χ1v) is 8.74. The zero-order valence-corrected chi connectivity index (χ0v) is 15.0. The molecule has 11 heteroatoms. The summed E-state index contributed by atoms with van der Waals surface area (Å²) in [7, 11) is 2.92. The van der Waals surface area contributed by atoms with Gasteiger partial charge in [-0.15, -0.1) is 0 Å². The molecule has 1 aliphatic rings. The maximum atomic E-state index is 12.4. The number of thiazole rings is 1. The molecule has 4 rings (SSSR count). The van der Waals surface area contributed by atoms with E-state index in [-0.39, 0.29) is 23.6 Å². The van der Waals surface area contributed by atoms with Gasteiger partial charge in [-0.05, 0) is 0 Å². The number of imidazole rings is 1. The van der Waals surface area contributed by atoms with E-state index in [1.807, 2.05) is 0 Å². The average Bonchev–Trinajstić information content (AvgIpc) is 3.21. The van der Waals surface area contributed by atoms with E-state index in [0.29, 0.717) is 18.3 Å². The topological polar surface area (TPSA) is 113 Å². The number of rotatable bonds is 3. The van der Waals surface area contributed by atoms with Crippen LogP contribution in [0.2, 0.25) is 0 Å². The number of carbonyl (C=O) groups is 1. The van der Waals surface area contributed by atoms with Crippen LogP contribution < -0.4 is 16.6 Å². The van der Waals surface area contributed by atoms with Gasteiger partial charge in [0.15, 0.2) is 16.3 Å². The number of carbonyl (C=O) groups excluding carboxylic acids is 1. The van der Waals surface area contributed by atoms with Crippen LogP contribution in [-0.4, -0.2) is 36.2 Å². The number of nitrogens with one attached hydrogen (secondary N) is 1. The number of anilines is 1. The fourth-order valence-electron chi connectivity index (χ4n) is 2.91. The molecule has 1 aliphatic heterocycles. The smallest absolute Gasteiger partial charge is 0.332 e. The lowest BCUT2D eigenvalue weighted by molar-refractivity contribution is -0.116. The first-order valence-electron chi connectivity index (χ1n) is 7.92. The van der Waals surface area contributed by atoms with Gasteiger partial charge in [0, 0.05) is 20.5 Å². The van der Waals surface area contributed by atoms with Crippen LogP contribution in [0.1, 0.15) is 10.6 Å². The molecule has 10 nitrogen and oxygen atoms in total. The fourth-order valence-corrected chi connectivity index (χ4v) is 3.87. The third kappa shape index (κ3) is 2.65. The van der Waals surface area contributed by atoms with Crippen LogP contribution in [-0.2, 0) is 43.2 Å². The molecule has 0 fully saturated rings. The number of hydrogen-bond acceptors (Lipinski definition) is 7. The Balaban J connectivity index is 1.61. The van der Waals surface area contributed by atoms with E-state index in [0.717, 1.165) is 21.6 Å². The highest BCUT2D eigenvalue weighted by molar-refractivity contribution is 7.15. The Morgan fingerprint density at radius 2 is 2.15 bits per heavy atom. The highest BCUT2D eigenvalue weighted by atomic mass is 32.1. The second kappa shape index (κ2) is 6.18. The molecule has 0 radical (unpaired) electrons. The van der Waals surface area contributed by atoms with Crippen molar-refractivity contribution in [1.82, 2.24) is 23.7 Å². The van der Waals surface area contributed by atoms with Crippen molar-refractivity contribution in [2.75, 3.05) is 11.9 Å². The van der Waals surface area contributed by atoms with Crippen molar-refractivity contribution in [3.8, 4) is 0 Å². The van der Waals surface area contributed by atoms with Crippen molar-refractivity contribution >= 4 is 33.5 Å². The Morgan fingerprint density at radius 1 is 1.35 bits per heavy atom. The second-order valence-corrected chi connectivity index (χ2v) is 7.07. The molecule has 4 heterocycles. The number of aryl methyl sites for hydroxylation is 1. The Bertz CT molecular complexity index is 1110. The molecule has 0 aliphatic carbocycles. The number of ether oxygens (including phenoxy) is 1. The highest BCUT2D eigenvalue weighted by Crippen LogP contribution is 2.27. The molecule has 0 atom stereocenters. The zero-order valence-electron chi connectivity index (χ0n) is 14.2. The van der Waals surface area contributed by atoms with E-state index in [9.17, 15) is 14.4 Å². The van der Waals surface area contributed by atoms with Crippen LogP contribution in [0.25, 0.3) is 11.2 Å². The minimum absolute atomic E-state index is 0.106. The number of hydrogen-bond donors (Lipinski definition) is 1. The van der Waals surface area contributed by atoms with Gasteiger partial charge >= 0.3 is 5.69 Å². The standard InChI is InChI=1S/C15H16N6O4S/c1-19-12-11(13(23)20(2)15(19)24)21(7-16-12)5-10(22)18-14-17-8-3-4-25-6-9(8)26-14/h7H,3-6H2,1-2H3,(H,17,18,22). The zero-order chi connectivity index (χ0) is 18.4. The van der Waals surface area contributed by atoms with Crippen LogP contribution >= 0.6 is 11.3 Å². The molecular weight excluding hydrogens is 360 g/mol. The monoisotopic (exact) mass is 376 g/mol. The summed E-state index contributed by atoms with van der Waals surface area (Å²) < 4.78 is 9.08. The molecule has 0 aromatic carbocycles. The molecule has 0 unspecified atom stereocenters. The van der Waals surface area contributed by atoms with E-state index in [4.69, 9.17) is 4.74 Å². The Kier molecular flexibility index (Phi) is 3.96. The number of fused-ring (bicyclic) bond motifs is 2. The van der Waals surface area contributed by atoms with Gasteiger partial charge in [-0.25, -0.2) is 14.8 Å². The minimum Gasteiger partial charge on any atom is -0.375 e. The summed E-state index contributed by atoms with van der Waals surface area (Å²) in [6.07, 6.45) is 2.11. The summed E-state index contributed by atoms with van der Waals surface area (Å²) >= 11 is 1.39. The van der Waals surface area contributed by atoms with Crippen LogP contribution in [0.5, 0.6) is 0 Å². The molecule has 0 bridgehead atoms. The predicted molar refractivity (Wildman–Crippen MR) is 94.3 cm³/mol. The molecule has 1 amide bonds. The van der Waals surface area contributed by atoms with Crippen LogP contribution in [0.15, 0.2) is 15.9 Å². The molecule has 1 N–H and O–H groups in total. The third-order valence-corrected chi connectivity index (χ3v) is 5.26. The van der Waals surface area contributed by atoms with E-state index < -0.39 is 11.2 Å². The Hall–Kier alpha value is -2.79. The normalized spacial score (nSPS) is 13.8. The molecule has 0 saturated carbocycles. The minimum atomic E-state index is -0.490. The van der Waals surface area contributed by atoms with Gasteiger partial charge in [-0.2, -0.15) is 0 Å². The largest absolute Gasteiger partial charge is 0.375 e. The fraction of sp³-hybridized carbons (Fsp3) is 0.400. The Morgan fingerprint density at radius 3 is 2.92 bits per heavy atom. The second-order valence-electron chi connectivity index (χ2n) is 5.99. The van der Waals surface area contributed by atoms with Gasteiger partial charge in [0.05, 0.1) is 30.1 Å². The van der Waals surface area contributed by atoms with Crippen molar-refractivity contribution in [3.63, 3.8) is 0 Å². The van der Waals surface area contributed by atoms with Crippen LogP contribution in [0.4, 0.5) is 5.13 Å². The lowest BCUT2D eigenvalue weighted by atomic mass is 10.2. The summed E-state index contributed by atoms with van der Waals surface area (Å²) in [5, 5.41) is 3.26. The number of amides is 1. The molecule has 3 aromatic rings. The van der Waals surface area contributed by atoms with Gasteiger partial charge < -0.3 is 14.6 Å². The SMILES string of the molecule is Cn1c(=O)c2c(ncn2CC(=O)Nc2nc3c(s2)COCC3)n(C)c1=O. The lowest BCUT2D eigenvalue weighted by Crippen LogP contribution is -2.37. The van der Waals surface area contributed by atoms with Crippen molar-refractivity contribution in [1.29, 1.82) is 0 Å². The summed E-state index contributed by atoms with van der Waals surface area (Å²) in [6, 6.07) is 0. The van der Waals surface area contributed by atoms with Gasteiger partial charge in [-0.3, -0.25) is 18.7 Å². The number of aromatic nitrogens is 5. The van der Waals surface area contributed by atoms with Gasteiger partial charge in [0.2, 0.25) is 5.91 Å². The lowest BCUT2D eigenvalue weighted by Gasteiger charge is -2.08. The summed E-state index contributed by atoms with van der Waals surface area (Å²) in [5.74, 6) is -0.327. The Labute approximate surface area is 150 Å². The molecule has 0 saturated heterocycles. The average molecular weight is 376 g/mol. The maximum absolute atomic E-state index is 12.4.